The number of rotatable bonds is 7. The molecule has 2 aromatic heterocycles. The van der Waals surface area contributed by atoms with Gasteiger partial charge in [-0.25, -0.2) is 19.4 Å². The van der Waals surface area contributed by atoms with Gasteiger partial charge in [-0.15, -0.1) is 11.3 Å². The first-order valence-corrected chi connectivity index (χ1v) is 8.74. The van der Waals surface area contributed by atoms with E-state index in [9.17, 15) is 24.6 Å². The first-order valence-electron chi connectivity index (χ1n) is 7.86. The first kappa shape index (κ1) is 19.5. The van der Waals surface area contributed by atoms with E-state index in [0.29, 0.717) is 5.92 Å². The van der Waals surface area contributed by atoms with Crippen molar-refractivity contribution in [2.24, 2.45) is 0 Å². The number of aliphatic carboxylic acids is 1. The van der Waals surface area contributed by atoms with Crippen LogP contribution in [0.5, 0.6) is 5.88 Å². The highest BCUT2D eigenvalue weighted by Gasteiger charge is 2.25. The Morgan fingerprint density at radius 2 is 2.08 bits per heavy atom. The molecule has 5 N–H and O–H groups in total. The predicted molar refractivity (Wildman–Crippen MR) is 94.4 cm³/mol. The summed E-state index contributed by atoms with van der Waals surface area (Å²) in [6.07, 6.45) is -0.270. The molecule has 0 aliphatic heterocycles. The van der Waals surface area contributed by atoms with E-state index < -0.39 is 29.6 Å². The van der Waals surface area contributed by atoms with Crippen LogP contribution < -0.4 is 11.0 Å². The summed E-state index contributed by atoms with van der Waals surface area (Å²) < 4.78 is 0. The van der Waals surface area contributed by atoms with Crippen LogP contribution in [-0.4, -0.2) is 55.2 Å². The van der Waals surface area contributed by atoms with Gasteiger partial charge >= 0.3 is 17.7 Å². The van der Waals surface area contributed by atoms with E-state index in [1.807, 2.05) is 19.2 Å². The van der Waals surface area contributed by atoms with Crippen molar-refractivity contribution in [1.82, 2.24) is 25.2 Å². The molecule has 2 heterocycles. The van der Waals surface area contributed by atoms with Gasteiger partial charge in [-0.3, -0.25) is 4.98 Å². The Labute approximate surface area is 152 Å². The fourth-order valence-electron chi connectivity index (χ4n) is 2.20. The number of carboxylic acids is 1. The molecule has 2 rings (SSSR count). The summed E-state index contributed by atoms with van der Waals surface area (Å²) in [5.74, 6) is -1.45. The molecule has 0 aliphatic carbocycles. The molecule has 26 heavy (non-hydrogen) atoms. The number of urea groups is 1. The average molecular weight is 383 g/mol. The minimum atomic E-state index is -1.32. The highest BCUT2D eigenvalue weighted by molar-refractivity contribution is 7.09. The third kappa shape index (κ3) is 4.85. The van der Waals surface area contributed by atoms with Crippen molar-refractivity contribution in [2.45, 2.75) is 38.8 Å². The summed E-state index contributed by atoms with van der Waals surface area (Å²) >= 11 is 1.51. The summed E-state index contributed by atoms with van der Waals surface area (Å²) in [5, 5.41) is 24.0. The highest BCUT2D eigenvalue weighted by atomic mass is 32.1. The van der Waals surface area contributed by atoms with E-state index in [-0.39, 0.29) is 18.7 Å². The van der Waals surface area contributed by atoms with Gasteiger partial charge in [0.1, 0.15) is 6.04 Å². The number of imidazole rings is 1. The molecule has 0 aromatic carbocycles. The number of carbonyl (C=O) groups excluding carboxylic acids is 1. The maximum atomic E-state index is 12.3. The fourth-order valence-corrected chi connectivity index (χ4v) is 3.02. The smallest absolute Gasteiger partial charge is 0.326 e. The number of carbonyl (C=O) groups is 2. The van der Waals surface area contributed by atoms with Gasteiger partial charge < -0.3 is 25.4 Å². The van der Waals surface area contributed by atoms with Gasteiger partial charge in [0.15, 0.2) is 0 Å². The Bertz CT molecular complexity index is 840. The monoisotopic (exact) mass is 383 g/mol. The van der Waals surface area contributed by atoms with E-state index in [2.05, 4.69) is 20.3 Å². The minimum Gasteiger partial charge on any atom is -0.493 e. The lowest BCUT2D eigenvalue weighted by Crippen LogP contribution is -2.47. The lowest BCUT2D eigenvalue weighted by molar-refractivity contribution is -0.139. The summed E-state index contributed by atoms with van der Waals surface area (Å²) in [5.41, 5.74) is 0.0665. The van der Waals surface area contributed by atoms with Gasteiger partial charge in [-0.05, 0) is 0 Å². The standard InChI is InChI=1S/C15H21N5O5S/c1-7(2)12-16-8(6-26-12)5-20(3)15(25)18-10(13(22)23)4-9-11(21)19-14(24)17-9/h6-7,10,21H,4-5H2,1-3H3,(H,18,25)(H,22,23)(H2,17,19,24)/t10-/m0/s1. The van der Waals surface area contributed by atoms with Crippen LogP contribution in [0.3, 0.4) is 0 Å². The molecule has 11 heteroatoms. The van der Waals surface area contributed by atoms with Crippen molar-refractivity contribution >= 4 is 23.3 Å². The second kappa shape index (κ2) is 8.04. The quantitative estimate of drug-likeness (QED) is 0.477. The molecule has 0 unspecified atom stereocenters. The molecule has 0 aliphatic rings. The zero-order valence-electron chi connectivity index (χ0n) is 14.6. The summed E-state index contributed by atoms with van der Waals surface area (Å²) in [4.78, 5) is 44.9. The SMILES string of the molecule is CC(C)c1nc(CN(C)C(=O)N[C@@H](Cc2[nH]c(=O)[nH]c2O)C(=O)O)cs1. The van der Waals surface area contributed by atoms with Crippen molar-refractivity contribution < 1.29 is 19.8 Å². The molecule has 2 amide bonds. The molecular formula is C15H21N5O5S. The molecule has 1 atom stereocenters. The number of H-pyrrole nitrogens is 2. The number of carboxylic acid groups (broad SMARTS) is 1. The van der Waals surface area contributed by atoms with Gasteiger partial charge in [-0.1, -0.05) is 13.8 Å². The molecule has 0 saturated carbocycles. The van der Waals surface area contributed by atoms with Gasteiger partial charge in [-0.2, -0.15) is 0 Å². The molecule has 2 aromatic rings. The maximum absolute atomic E-state index is 12.3. The normalized spacial score (nSPS) is 12.2. The summed E-state index contributed by atoms with van der Waals surface area (Å²) in [6.45, 7) is 4.28. The van der Waals surface area contributed by atoms with E-state index >= 15 is 0 Å². The van der Waals surface area contributed by atoms with Crippen LogP contribution in [0.4, 0.5) is 4.79 Å². The Morgan fingerprint density at radius 1 is 1.38 bits per heavy atom. The molecule has 0 spiro atoms. The van der Waals surface area contributed by atoms with E-state index in [4.69, 9.17) is 0 Å². The molecule has 0 fully saturated rings. The number of hydrogen-bond acceptors (Lipinski definition) is 6. The van der Waals surface area contributed by atoms with Crippen molar-refractivity contribution in [2.75, 3.05) is 7.05 Å². The van der Waals surface area contributed by atoms with E-state index in [0.717, 1.165) is 10.7 Å². The largest absolute Gasteiger partial charge is 0.493 e. The van der Waals surface area contributed by atoms with Gasteiger partial charge in [0, 0.05) is 24.8 Å². The molecular weight excluding hydrogens is 362 g/mol. The lowest BCUT2D eigenvalue weighted by Gasteiger charge is -2.20. The topological polar surface area (TPSA) is 151 Å². The molecule has 142 valence electrons. The Morgan fingerprint density at radius 3 is 2.58 bits per heavy atom. The average Bonchev–Trinajstić information content (AvgIpc) is 3.13. The number of nitrogens with zero attached hydrogens (tertiary/aromatic N) is 2. The van der Waals surface area contributed by atoms with Crippen LogP contribution in [0.25, 0.3) is 0 Å². The number of aromatic hydroxyl groups is 1. The van der Waals surface area contributed by atoms with Gasteiger partial charge in [0.25, 0.3) is 0 Å². The summed E-state index contributed by atoms with van der Waals surface area (Å²) in [6, 6.07) is -1.92. The van der Waals surface area contributed by atoms with Crippen molar-refractivity contribution in [3.05, 3.63) is 32.3 Å². The van der Waals surface area contributed by atoms with Crippen molar-refractivity contribution in [1.29, 1.82) is 0 Å². The second-order valence-corrected chi connectivity index (χ2v) is 7.03. The number of aromatic amines is 2. The zero-order chi connectivity index (χ0) is 19.4. The third-order valence-electron chi connectivity index (χ3n) is 3.60. The maximum Gasteiger partial charge on any atom is 0.326 e. The van der Waals surface area contributed by atoms with Crippen LogP contribution >= 0.6 is 11.3 Å². The molecule has 10 nitrogen and oxygen atoms in total. The third-order valence-corrected chi connectivity index (χ3v) is 4.79. The number of hydrogen-bond donors (Lipinski definition) is 5. The highest BCUT2D eigenvalue weighted by Crippen LogP contribution is 2.19. The Kier molecular flexibility index (Phi) is 6.03. The van der Waals surface area contributed by atoms with Crippen LogP contribution in [0.2, 0.25) is 0 Å². The zero-order valence-corrected chi connectivity index (χ0v) is 15.4. The molecule has 0 radical (unpaired) electrons. The van der Waals surface area contributed by atoms with E-state index in [1.165, 1.54) is 23.3 Å². The summed E-state index contributed by atoms with van der Waals surface area (Å²) in [7, 11) is 1.53. The van der Waals surface area contributed by atoms with Crippen molar-refractivity contribution in [3.8, 4) is 5.88 Å². The number of nitrogens with one attached hydrogen (secondary N) is 3. The van der Waals surface area contributed by atoms with E-state index in [1.54, 1.807) is 0 Å². The van der Waals surface area contributed by atoms with Gasteiger partial charge in [0.05, 0.1) is 22.9 Å². The first-order chi connectivity index (χ1) is 12.2. The van der Waals surface area contributed by atoms with Gasteiger partial charge in [0.2, 0.25) is 5.88 Å². The number of aromatic nitrogens is 3. The predicted octanol–water partition coefficient (Wildman–Crippen LogP) is 0.826. The minimum absolute atomic E-state index is 0.00595. The Balaban J connectivity index is 2.00. The van der Waals surface area contributed by atoms with Crippen LogP contribution in [0, 0.1) is 0 Å². The molecule has 0 bridgehead atoms. The van der Waals surface area contributed by atoms with Crippen LogP contribution in [0.1, 0.15) is 36.2 Å². The van der Waals surface area contributed by atoms with Crippen LogP contribution in [-0.2, 0) is 17.8 Å². The lowest BCUT2D eigenvalue weighted by atomic mass is 10.1. The fraction of sp³-hybridized carbons (Fsp3) is 0.467. The van der Waals surface area contributed by atoms with Crippen molar-refractivity contribution in [3.63, 3.8) is 0 Å². The van der Waals surface area contributed by atoms with Crippen LogP contribution in [0.15, 0.2) is 10.2 Å². The Hall–Kier alpha value is -2.82. The number of thiazole rings is 1. The number of amides is 2. The molecule has 0 saturated heterocycles. The second-order valence-electron chi connectivity index (χ2n) is 6.14.